The largest absolute Gasteiger partial charge is 0.465 e. The quantitative estimate of drug-likeness (QED) is 0.787. The lowest BCUT2D eigenvalue weighted by molar-refractivity contribution is 0.0599. The van der Waals surface area contributed by atoms with Gasteiger partial charge in [-0.2, -0.15) is 0 Å². The van der Waals surface area contributed by atoms with E-state index < -0.39 is 5.97 Å². The molecule has 0 atom stereocenters. The van der Waals surface area contributed by atoms with Gasteiger partial charge < -0.3 is 4.74 Å². The van der Waals surface area contributed by atoms with Gasteiger partial charge in [-0.05, 0) is 48.2 Å². The molecule has 0 fully saturated rings. The number of carbonyl (C=O) groups excluding carboxylic acids is 1. The number of carbonyl (C=O) groups is 1. The molecule has 0 aliphatic rings. The fraction of sp³-hybridized carbons (Fsp3) is 0.188. The summed E-state index contributed by atoms with van der Waals surface area (Å²) in [6, 6.07) is 12.0. The maximum atomic E-state index is 13.4. The summed E-state index contributed by atoms with van der Waals surface area (Å²) in [4.78, 5) is 11.7. The van der Waals surface area contributed by atoms with E-state index in [1.54, 1.807) is 0 Å². The molecule has 2 aromatic carbocycles. The lowest BCUT2D eigenvalue weighted by Gasteiger charge is -2.10. The van der Waals surface area contributed by atoms with Crippen LogP contribution in [0, 0.1) is 12.7 Å². The summed E-state index contributed by atoms with van der Waals surface area (Å²) < 4.78 is 18.1. The van der Waals surface area contributed by atoms with Gasteiger partial charge in [0.15, 0.2) is 0 Å². The molecule has 3 heteroatoms. The Balaban J connectivity index is 2.41. The highest BCUT2D eigenvalue weighted by Crippen LogP contribution is 2.19. The van der Waals surface area contributed by atoms with Crippen molar-refractivity contribution < 1.29 is 13.9 Å². The SMILES string of the molecule is COC(=O)c1ccc(F)cc1Cc1ccccc1C. The molecule has 0 bridgehead atoms. The van der Waals surface area contributed by atoms with E-state index in [1.807, 2.05) is 31.2 Å². The van der Waals surface area contributed by atoms with Crippen LogP contribution in [0.5, 0.6) is 0 Å². The maximum absolute atomic E-state index is 13.4. The molecule has 0 N–H and O–H groups in total. The Morgan fingerprint density at radius 2 is 1.89 bits per heavy atom. The Morgan fingerprint density at radius 3 is 2.58 bits per heavy atom. The van der Waals surface area contributed by atoms with Crippen molar-refractivity contribution >= 4 is 5.97 Å². The van der Waals surface area contributed by atoms with Gasteiger partial charge in [0, 0.05) is 0 Å². The number of hydrogen-bond donors (Lipinski definition) is 0. The highest BCUT2D eigenvalue weighted by atomic mass is 19.1. The van der Waals surface area contributed by atoms with Crippen molar-refractivity contribution in [3.63, 3.8) is 0 Å². The molecular weight excluding hydrogens is 243 g/mol. The van der Waals surface area contributed by atoms with Crippen molar-refractivity contribution in [3.05, 3.63) is 70.5 Å². The average Bonchev–Trinajstić information content (AvgIpc) is 2.41. The summed E-state index contributed by atoms with van der Waals surface area (Å²) in [7, 11) is 1.32. The third kappa shape index (κ3) is 2.99. The zero-order valence-corrected chi connectivity index (χ0v) is 10.9. The van der Waals surface area contributed by atoms with E-state index in [-0.39, 0.29) is 5.82 Å². The van der Waals surface area contributed by atoms with Crippen LogP contribution in [0.1, 0.15) is 27.0 Å². The Kier molecular flexibility index (Phi) is 3.95. The molecule has 0 spiro atoms. The first-order valence-corrected chi connectivity index (χ1v) is 6.03. The summed E-state index contributed by atoms with van der Waals surface area (Å²) >= 11 is 0. The van der Waals surface area contributed by atoms with Crippen molar-refractivity contribution in [1.82, 2.24) is 0 Å². The average molecular weight is 258 g/mol. The number of halogens is 1. The topological polar surface area (TPSA) is 26.3 Å². The first kappa shape index (κ1) is 13.3. The van der Waals surface area contributed by atoms with Crippen molar-refractivity contribution in [2.24, 2.45) is 0 Å². The minimum Gasteiger partial charge on any atom is -0.465 e. The molecule has 98 valence electrons. The van der Waals surface area contributed by atoms with Gasteiger partial charge in [-0.1, -0.05) is 24.3 Å². The van der Waals surface area contributed by atoms with Crippen LogP contribution < -0.4 is 0 Å². The highest BCUT2D eigenvalue weighted by molar-refractivity contribution is 5.91. The van der Waals surface area contributed by atoms with E-state index in [2.05, 4.69) is 0 Å². The lowest BCUT2D eigenvalue weighted by atomic mass is 9.97. The van der Waals surface area contributed by atoms with Crippen LogP contribution in [-0.2, 0) is 11.2 Å². The van der Waals surface area contributed by atoms with Gasteiger partial charge in [0.05, 0.1) is 12.7 Å². The van der Waals surface area contributed by atoms with Crippen LogP contribution in [0.2, 0.25) is 0 Å². The van der Waals surface area contributed by atoms with E-state index >= 15 is 0 Å². The molecule has 0 saturated carbocycles. The first-order valence-electron chi connectivity index (χ1n) is 6.03. The van der Waals surface area contributed by atoms with Crippen LogP contribution in [0.3, 0.4) is 0 Å². The second-order valence-electron chi connectivity index (χ2n) is 4.40. The smallest absolute Gasteiger partial charge is 0.338 e. The van der Waals surface area contributed by atoms with Crippen LogP contribution in [-0.4, -0.2) is 13.1 Å². The summed E-state index contributed by atoms with van der Waals surface area (Å²) in [6.07, 6.45) is 0.509. The number of methoxy groups -OCH3 is 1. The molecule has 0 saturated heterocycles. The second kappa shape index (κ2) is 5.65. The Morgan fingerprint density at radius 1 is 1.16 bits per heavy atom. The third-order valence-corrected chi connectivity index (χ3v) is 3.11. The van der Waals surface area contributed by atoms with E-state index in [9.17, 15) is 9.18 Å². The fourth-order valence-electron chi connectivity index (χ4n) is 2.03. The maximum Gasteiger partial charge on any atom is 0.338 e. The molecule has 0 amide bonds. The fourth-order valence-corrected chi connectivity index (χ4v) is 2.03. The molecule has 0 unspecified atom stereocenters. The molecule has 19 heavy (non-hydrogen) atoms. The number of rotatable bonds is 3. The van der Waals surface area contributed by atoms with Crippen LogP contribution in [0.25, 0.3) is 0 Å². The number of ether oxygens (including phenoxy) is 1. The summed E-state index contributed by atoms with van der Waals surface area (Å²) in [5.41, 5.74) is 3.23. The molecule has 0 heterocycles. The van der Waals surface area contributed by atoms with Crippen molar-refractivity contribution in [2.75, 3.05) is 7.11 Å². The zero-order valence-electron chi connectivity index (χ0n) is 10.9. The van der Waals surface area contributed by atoms with Gasteiger partial charge in [0.2, 0.25) is 0 Å². The molecule has 2 rings (SSSR count). The molecule has 2 nitrogen and oxygen atoms in total. The second-order valence-corrected chi connectivity index (χ2v) is 4.40. The van der Waals surface area contributed by atoms with E-state index in [4.69, 9.17) is 4.74 Å². The van der Waals surface area contributed by atoms with Crippen LogP contribution in [0.15, 0.2) is 42.5 Å². The number of aryl methyl sites for hydroxylation is 1. The Hall–Kier alpha value is -2.16. The summed E-state index contributed by atoms with van der Waals surface area (Å²) in [5, 5.41) is 0. The molecule has 0 aromatic heterocycles. The Labute approximate surface area is 111 Å². The highest BCUT2D eigenvalue weighted by Gasteiger charge is 2.13. The Bertz CT molecular complexity index is 605. The van der Waals surface area contributed by atoms with Gasteiger partial charge in [-0.15, -0.1) is 0 Å². The predicted molar refractivity (Wildman–Crippen MR) is 71.7 cm³/mol. The number of hydrogen-bond acceptors (Lipinski definition) is 2. The molecule has 0 radical (unpaired) electrons. The van der Waals surface area contributed by atoms with Crippen molar-refractivity contribution in [2.45, 2.75) is 13.3 Å². The minimum atomic E-state index is -0.441. The number of benzene rings is 2. The van der Waals surface area contributed by atoms with Gasteiger partial charge in [0.25, 0.3) is 0 Å². The van der Waals surface area contributed by atoms with Crippen LogP contribution in [0.4, 0.5) is 4.39 Å². The molecular formula is C16H15FO2. The molecule has 2 aromatic rings. The first-order chi connectivity index (χ1) is 9.11. The van der Waals surface area contributed by atoms with Gasteiger partial charge in [-0.25, -0.2) is 9.18 Å². The van der Waals surface area contributed by atoms with Gasteiger partial charge >= 0.3 is 5.97 Å². The standard InChI is InChI=1S/C16H15FO2/c1-11-5-3-4-6-12(11)9-13-10-14(17)7-8-15(13)16(18)19-2/h3-8,10H,9H2,1-2H3. The zero-order chi connectivity index (χ0) is 13.8. The minimum absolute atomic E-state index is 0.351. The number of esters is 1. The molecule has 0 aliphatic carbocycles. The monoisotopic (exact) mass is 258 g/mol. The van der Waals surface area contributed by atoms with E-state index in [0.717, 1.165) is 11.1 Å². The van der Waals surface area contributed by atoms with E-state index in [1.165, 1.54) is 25.3 Å². The lowest BCUT2D eigenvalue weighted by Crippen LogP contribution is -2.07. The molecule has 0 aliphatic heterocycles. The van der Waals surface area contributed by atoms with Crippen molar-refractivity contribution in [1.29, 1.82) is 0 Å². The van der Waals surface area contributed by atoms with Crippen molar-refractivity contribution in [3.8, 4) is 0 Å². The summed E-state index contributed by atoms with van der Waals surface area (Å²) in [6.45, 7) is 1.99. The summed E-state index contributed by atoms with van der Waals surface area (Å²) in [5.74, 6) is -0.792. The predicted octanol–water partition coefficient (Wildman–Crippen LogP) is 3.51. The van der Waals surface area contributed by atoms with Crippen LogP contribution >= 0.6 is 0 Å². The van der Waals surface area contributed by atoms with Gasteiger partial charge in [0.1, 0.15) is 5.82 Å². The third-order valence-electron chi connectivity index (χ3n) is 3.11. The van der Waals surface area contributed by atoms with E-state index in [0.29, 0.717) is 17.5 Å². The normalized spacial score (nSPS) is 10.3. The van der Waals surface area contributed by atoms with Gasteiger partial charge in [-0.3, -0.25) is 0 Å².